The molecule has 3 rings (SSSR count). The number of hydrogen-bond donors (Lipinski definition) is 0. The van der Waals surface area contributed by atoms with Crippen LogP contribution in [0.1, 0.15) is 50.9 Å². The standard InChI is InChI=1S/C22H31F3O5/c1-2-3-4-16-11-26-20(27-12-16)10-5-17-13-28-21(29-14-17)18-6-8-19(9-7-18)30-15-22(23,24)25/h6-9,16-17,20-21H,2-5,10-15H2,1H3/t16-,17-,20-,21-. The highest BCUT2D eigenvalue weighted by atomic mass is 19.4. The second-order valence-corrected chi connectivity index (χ2v) is 8.02. The Hall–Kier alpha value is -1.35. The predicted molar refractivity (Wildman–Crippen MR) is 104 cm³/mol. The monoisotopic (exact) mass is 432 g/mol. The Kier molecular flexibility index (Phi) is 8.80. The summed E-state index contributed by atoms with van der Waals surface area (Å²) in [5.41, 5.74) is 0.755. The Labute approximate surface area is 175 Å². The number of alkyl halides is 3. The molecule has 8 heteroatoms. The quantitative estimate of drug-likeness (QED) is 0.533. The van der Waals surface area contributed by atoms with E-state index in [9.17, 15) is 13.2 Å². The first kappa shape index (κ1) is 23.3. The molecule has 0 bridgehead atoms. The molecule has 0 aliphatic carbocycles. The minimum Gasteiger partial charge on any atom is -0.484 e. The van der Waals surface area contributed by atoms with Crippen molar-refractivity contribution >= 4 is 0 Å². The summed E-state index contributed by atoms with van der Waals surface area (Å²) in [4.78, 5) is 0. The van der Waals surface area contributed by atoms with Crippen LogP contribution in [-0.4, -0.2) is 45.5 Å². The van der Waals surface area contributed by atoms with E-state index >= 15 is 0 Å². The van der Waals surface area contributed by atoms with Gasteiger partial charge in [-0.25, -0.2) is 0 Å². The highest BCUT2D eigenvalue weighted by Gasteiger charge is 2.29. The van der Waals surface area contributed by atoms with E-state index in [-0.39, 0.29) is 18.0 Å². The van der Waals surface area contributed by atoms with Crippen molar-refractivity contribution in [3.8, 4) is 5.75 Å². The van der Waals surface area contributed by atoms with Gasteiger partial charge in [-0.1, -0.05) is 31.9 Å². The van der Waals surface area contributed by atoms with E-state index in [1.54, 1.807) is 12.1 Å². The predicted octanol–water partition coefficient (Wildman–Crippen LogP) is 5.25. The zero-order chi connectivity index (χ0) is 21.4. The molecule has 1 aromatic rings. The molecule has 30 heavy (non-hydrogen) atoms. The maximum absolute atomic E-state index is 12.2. The fourth-order valence-electron chi connectivity index (χ4n) is 3.57. The fourth-order valence-corrected chi connectivity index (χ4v) is 3.57. The Morgan fingerprint density at radius 2 is 1.47 bits per heavy atom. The molecule has 0 amide bonds. The molecule has 0 atom stereocenters. The van der Waals surface area contributed by atoms with Crippen LogP contribution in [0.15, 0.2) is 24.3 Å². The van der Waals surface area contributed by atoms with Crippen molar-refractivity contribution in [3.63, 3.8) is 0 Å². The molecule has 2 heterocycles. The third kappa shape index (κ3) is 7.72. The summed E-state index contributed by atoms with van der Waals surface area (Å²) in [6.45, 7) is 3.54. The molecule has 5 nitrogen and oxygen atoms in total. The molecule has 0 N–H and O–H groups in total. The Morgan fingerprint density at radius 3 is 2.07 bits per heavy atom. The maximum Gasteiger partial charge on any atom is 0.422 e. The third-order valence-electron chi connectivity index (χ3n) is 5.33. The van der Waals surface area contributed by atoms with Crippen molar-refractivity contribution < 1.29 is 36.9 Å². The Balaban J connectivity index is 1.33. The maximum atomic E-state index is 12.2. The smallest absolute Gasteiger partial charge is 0.422 e. The van der Waals surface area contributed by atoms with Crippen LogP contribution in [-0.2, 0) is 18.9 Å². The molecule has 0 spiro atoms. The summed E-state index contributed by atoms with van der Waals surface area (Å²) in [5.74, 6) is 0.934. The lowest BCUT2D eigenvalue weighted by atomic mass is 10.0. The van der Waals surface area contributed by atoms with Gasteiger partial charge in [-0.05, 0) is 31.4 Å². The van der Waals surface area contributed by atoms with Gasteiger partial charge in [-0.15, -0.1) is 0 Å². The molecule has 2 aliphatic rings. The summed E-state index contributed by atoms with van der Waals surface area (Å²) in [6, 6.07) is 6.31. The number of unbranched alkanes of at least 4 members (excludes halogenated alkanes) is 1. The summed E-state index contributed by atoms with van der Waals surface area (Å²) in [6.07, 6.45) is 0.249. The zero-order valence-corrected chi connectivity index (χ0v) is 17.4. The van der Waals surface area contributed by atoms with E-state index in [0.717, 1.165) is 38.0 Å². The normalized spacial score (nSPS) is 27.7. The van der Waals surface area contributed by atoms with Crippen LogP contribution in [0.4, 0.5) is 13.2 Å². The molecule has 1 aromatic carbocycles. The summed E-state index contributed by atoms with van der Waals surface area (Å²) < 4.78 is 64.6. The molecule has 0 radical (unpaired) electrons. The van der Waals surface area contributed by atoms with Crippen LogP contribution >= 0.6 is 0 Å². The highest BCUT2D eigenvalue weighted by Crippen LogP contribution is 2.29. The van der Waals surface area contributed by atoms with E-state index in [0.29, 0.717) is 19.1 Å². The number of ether oxygens (including phenoxy) is 5. The number of rotatable bonds is 9. The summed E-state index contributed by atoms with van der Waals surface area (Å²) in [7, 11) is 0. The van der Waals surface area contributed by atoms with E-state index in [2.05, 4.69) is 6.92 Å². The van der Waals surface area contributed by atoms with Gasteiger partial charge in [0.25, 0.3) is 0 Å². The molecule has 2 fully saturated rings. The minimum atomic E-state index is -4.35. The fraction of sp³-hybridized carbons (Fsp3) is 0.727. The summed E-state index contributed by atoms with van der Waals surface area (Å²) >= 11 is 0. The van der Waals surface area contributed by atoms with Crippen molar-refractivity contribution in [2.45, 2.75) is 57.8 Å². The van der Waals surface area contributed by atoms with Gasteiger partial charge in [0.2, 0.25) is 0 Å². The largest absolute Gasteiger partial charge is 0.484 e. The van der Waals surface area contributed by atoms with Crippen LogP contribution in [0.2, 0.25) is 0 Å². The summed E-state index contributed by atoms with van der Waals surface area (Å²) in [5, 5.41) is 0. The van der Waals surface area contributed by atoms with Gasteiger partial charge in [-0.2, -0.15) is 13.2 Å². The molecular weight excluding hydrogens is 401 g/mol. The lowest BCUT2D eigenvalue weighted by molar-refractivity contribution is -0.220. The van der Waals surface area contributed by atoms with Gasteiger partial charge >= 0.3 is 6.18 Å². The lowest BCUT2D eigenvalue weighted by Crippen LogP contribution is -2.33. The first-order chi connectivity index (χ1) is 14.4. The molecule has 170 valence electrons. The van der Waals surface area contributed by atoms with Crippen molar-refractivity contribution in [3.05, 3.63) is 29.8 Å². The number of halogens is 3. The third-order valence-corrected chi connectivity index (χ3v) is 5.33. The Bertz CT molecular complexity index is 606. The van der Waals surface area contributed by atoms with Crippen molar-refractivity contribution in [2.75, 3.05) is 33.0 Å². The van der Waals surface area contributed by atoms with Crippen molar-refractivity contribution in [1.29, 1.82) is 0 Å². The van der Waals surface area contributed by atoms with Gasteiger partial charge in [0, 0.05) is 17.4 Å². The van der Waals surface area contributed by atoms with E-state index in [1.165, 1.54) is 25.0 Å². The average molecular weight is 432 g/mol. The van der Waals surface area contributed by atoms with Gasteiger partial charge in [-0.3, -0.25) is 0 Å². The number of hydrogen-bond acceptors (Lipinski definition) is 5. The molecule has 0 aromatic heterocycles. The topological polar surface area (TPSA) is 46.2 Å². The zero-order valence-electron chi connectivity index (χ0n) is 17.4. The minimum absolute atomic E-state index is 0.148. The second kappa shape index (κ2) is 11.3. The van der Waals surface area contributed by atoms with E-state index in [4.69, 9.17) is 23.7 Å². The van der Waals surface area contributed by atoms with Gasteiger partial charge in [0.05, 0.1) is 26.4 Å². The van der Waals surface area contributed by atoms with Crippen molar-refractivity contribution in [1.82, 2.24) is 0 Å². The van der Waals surface area contributed by atoms with Crippen molar-refractivity contribution in [2.24, 2.45) is 11.8 Å². The number of benzene rings is 1. The molecule has 0 unspecified atom stereocenters. The lowest BCUT2D eigenvalue weighted by Gasteiger charge is -2.32. The highest BCUT2D eigenvalue weighted by molar-refractivity contribution is 5.28. The van der Waals surface area contributed by atoms with Crippen LogP contribution < -0.4 is 4.74 Å². The van der Waals surface area contributed by atoms with Crippen LogP contribution in [0.25, 0.3) is 0 Å². The SMILES string of the molecule is CCCC[C@H]1CO[C@H](CC[C@H]2CO[C@H](c3ccc(OCC(F)(F)F)cc3)OC2)OC1. The van der Waals surface area contributed by atoms with Crippen LogP contribution in [0, 0.1) is 11.8 Å². The van der Waals surface area contributed by atoms with Gasteiger partial charge in [0.1, 0.15) is 5.75 Å². The van der Waals surface area contributed by atoms with Crippen LogP contribution in [0.3, 0.4) is 0 Å². The van der Waals surface area contributed by atoms with E-state index in [1.807, 2.05) is 0 Å². The molecule has 2 saturated heterocycles. The van der Waals surface area contributed by atoms with Gasteiger partial charge < -0.3 is 23.7 Å². The van der Waals surface area contributed by atoms with Gasteiger partial charge in [0.15, 0.2) is 19.2 Å². The van der Waals surface area contributed by atoms with Crippen LogP contribution in [0.5, 0.6) is 5.75 Å². The molecular formula is C22H31F3O5. The molecule has 2 aliphatic heterocycles. The first-order valence-electron chi connectivity index (χ1n) is 10.7. The Morgan fingerprint density at radius 1 is 0.867 bits per heavy atom. The second-order valence-electron chi connectivity index (χ2n) is 8.02. The average Bonchev–Trinajstić information content (AvgIpc) is 2.76. The molecule has 0 saturated carbocycles. The van der Waals surface area contributed by atoms with E-state index < -0.39 is 19.1 Å². The first-order valence-corrected chi connectivity index (χ1v) is 10.7.